The standard InChI is InChI=1S/C16H22FN3/c1-3-8-18-16(14-11-19-20(4-2)12-14)10-13-6-5-7-15(17)9-13/h5-7,9,11-12,16,18H,3-4,8,10H2,1-2H3. The Morgan fingerprint density at radius 3 is 2.85 bits per heavy atom. The molecule has 20 heavy (non-hydrogen) atoms. The maximum Gasteiger partial charge on any atom is 0.123 e. The molecule has 0 saturated carbocycles. The number of aryl methyl sites for hydroxylation is 1. The van der Waals surface area contributed by atoms with E-state index in [9.17, 15) is 4.39 Å². The highest BCUT2D eigenvalue weighted by molar-refractivity contribution is 5.21. The van der Waals surface area contributed by atoms with Crippen LogP contribution in [0, 0.1) is 5.82 Å². The minimum Gasteiger partial charge on any atom is -0.310 e. The topological polar surface area (TPSA) is 29.9 Å². The lowest BCUT2D eigenvalue weighted by atomic mass is 10.0. The first-order valence-electron chi connectivity index (χ1n) is 7.23. The van der Waals surface area contributed by atoms with Crippen LogP contribution in [0.25, 0.3) is 0 Å². The number of hydrogen-bond acceptors (Lipinski definition) is 2. The molecule has 1 N–H and O–H groups in total. The van der Waals surface area contributed by atoms with E-state index in [2.05, 4.69) is 30.5 Å². The van der Waals surface area contributed by atoms with Gasteiger partial charge < -0.3 is 5.32 Å². The third-order valence-electron chi connectivity index (χ3n) is 3.35. The number of halogens is 1. The van der Waals surface area contributed by atoms with Gasteiger partial charge in [0.1, 0.15) is 5.82 Å². The Balaban J connectivity index is 2.14. The van der Waals surface area contributed by atoms with Gasteiger partial charge in [0, 0.05) is 24.3 Å². The van der Waals surface area contributed by atoms with Crippen LogP contribution in [0.1, 0.15) is 37.4 Å². The quantitative estimate of drug-likeness (QED) is 0.840. The predicted octanol–water partition coefficient (Wildman–Crippen LogP) is 3.33. The smallest absolute Gasteiger partial charge is 0.123 e. The fraction of sp³-hybridized carbons (Fsp3) is 0.438. The second-order valence-electron chi connectivity index (χ2n) is 4.97. The molecule has 0 radical (unpaired) electrons. The monoisotopic (exact) mass is 275 g/mol. The van der Waals surface area contributed by atoms with Crippen molar-refractivity contribution in [3.8, 4) is 0 Å². The zero-order valence-electron chi connectivity index (χ0n) is 12.1. The minimum atomic E-state index is -0.180. The molecular weight excluding hydrogens is 253 g/mol. The van der Waals surface area contributed by atoms with Gasteiger partial charge in [0.15, 0.2) is 0 Å². The van der Waals surface area contributed by atoms with Crippen molar-refractivity contribution < 1.29 is 4.39 Å². The van der Waals surface area contributed by atoms with Crippen molar-refractivity contribution in [1.29, 1.82) is 0 Å². The summed E-state index contributed by atoms with van der Waals surface area (Å²) < 4.78 is 15.2. The second kappa shape index (κ2) is 7.20. The lowest BCUT2D eigenvalue weighted by molar-refractivity contribution is 0.526. The van der Waals surface area contributed by atoms with Crippen molar-refractivity contribution in [1.82, 2.24) is 15.1 Å². The summed E-state index contributed by atoms with van der Waals surface area (Å²) in [4.78, 5) is 0. The second-order valence-corrected chi connectivity index (χ2v) is 4.97. The highest BCUT2D eigenvalue weighted by atomic mass is 19.1. The maximum absolute atomic E-state index is 13.3. The van der Waals surface area contributed by atoms with Crippen LogP contribution in [-0.2, 0) is 13.0 Å². The molecule has 1 unspecified atom stereocenters. The zero-order valence-corrected chi connectivity index (χ0v) is 12.1. The van der Waals surface area contributed by atoms with Crippen LogP contribution in [0.4, 0.5) is 4.39 Å². The SMILES string of the molecule is CCCNC(Cc1cccc(F)c1)c1cnn(CC)c1. The summed E-state index contributed by atoms with van der Waals surface area (Å²) in [5, 5.41) is 7.84. The highest BCUT2D eigenvalue weighted by Crippen LogP contribution is 2.18. The Hall–Kier alpha value is -1.68. The summed E-state index contributed by atoms with van der Waals surface area (Å²) in [6, 6.07) is 6.99. The fourth-order valence-corrected chi connectivity index (χ4v) is 2.26. The van der Waals surface area contributed by atoms with E-state index in [0.717, 1.165) is 37.1 Å². The molecule has 108 valence electrons. The van der Waals surface area contributed by atoms with Crippen molar-refractivity contribution in [3.63, 3.8) is 0 Å². The first-order valence-corrected chi connectivity index (χ1v) is 7.23. The third-order valence-corrected chi connectivity index (χ3v) is 3.35. The van der Waals surface area contributed by atoms with Gasteiger partial charge in [0.2, 0.25) is 0 Å². The molecular formula is C16H22FN3. The number of nitrogens with one attached hydrogen (secondary N) is 1. The molecule has 0 aliphatic heterocycles. The molecule has 0 saturated heterocycles. The Bertz CT molecular complexity index is 536. The first kappa shape index (κ1) is 14.7. The van der Waals surface area contributed by atoms with Gasteiger partial charge in [-0.05, 0) is 44.0 Å². The third kappa shape index (κ3) is 3.90. The average molecular weight is 275 g/mol. The van der Waals surface area contributed by atoms with Crippen LogP contribution in [0.15, 0.2) is 36.7 Å². The van der Waals surface area contributed by atoms with E-state index in [4.69, 9.17) is 0 Å². The Labute approximate surface area is 119 Å². The summed E-state index contributed by atoms with van der Waals surface area (Å²) in [7, 11) is 0. The van der Waals surface area contributed by atoms with Gasteiger partial charge in [-0.15, -0.1) is 0 Å². The number of nitrogens with zero attached hydrogens (tertiary/aromatic N) is 2. The molecule has 2 rings (SSSR count). The Morgan fingerprint density at radius 1 is 1.35 bits per heavy atom. The predicted molar refractivity (Wildman–Crippen MR) is 79.0 cm³/mol. The Kier molecular flexibility index (Phi) is 5.30. The molecule has 0 bridgehead atoms. The molecule has 0 aliphatic rings. The van der Waals surface area contributed by atoms with E-state index >= 15 is 0 Å². The molecule has 1 aromatic heterocycles. The van der Waals surface area contributed by atoms with E-state index in [1.807, 2.05) is 16.9 Å². The lowest BCUT2D eigenvalue weighted by Crippen LogP contribution is -2.23. The van der Waals surface area contributed by atoms with Crippen LogP contribution in [0.5, 0.6) is 0 Å². The molecule has 3 nitrogen and oxygen atoms in total. The number of aromatic nitrogens is 2. The summed E-state index contributed by atoms with van der Waals surface area (Å²) >= 11 is 0. The highest BCUT2D eigenvalue weighted by Gasteiger charge is 2.13. The van der Waals surface area contributed by atoms with Gasteiger partial charge >= 0.3 is 0 Å². The minimum absolute atomic E-state index is 0.178. The van der Waals surface area contributed by atoms with Crippen LogP contribution in [0.2, 0.25) is 0 Å². The van der Waals surface area contributed by atoms with Gasteiger partial charge in [0.25, 0.3) is 0 Å². The molecule has 4 heteroatoms. The molecule has 1 heterocycles. The van der Waals surface area contributed by atoms with Crippen molar-refractivity contribution >= 4 is 0 Å². The van der Waals surface area contributed by atoms with E-state index < -0.39 is 0 Å². The summed E-state index contributed by atoms with van der Waals surface area (Å²) in [6.45, 7) is 6.01. The van der Waals surface area contributed by atoms with Gasteiger partial charge in [-0.3, -0.25) is 4.68 Å². The molecule has 2 aromatic rings. The Morgan fingerprint density at radius 2 is 2.20 bits per heavy atom. The molecule has 1 aromatic carbocycles. The van der Waals surface area contributed by atoms with Gasteiger partial charge in [-0.25, -0.2) is 4.39 Å². The summed E-state index contributed by atoms with van der Waals surface area (Å²) in [6.07, 6.45) is 5.80. The summed E-state index contributed by atoms with van der Waals surface area (Å²) in [5.74, 6) is -0.180. The fourth-order valence-electron chi connectivity index (χ4n) is 2.26. The molecule has 0 aliphatic carbocycles. The van der Waals surface area contributed by atoms with Crippen molar-refractivity contribution in [2.24, 2.45) is 0 Å². The van der Waals surface area contributed by atoms with Crippen LogP contribution < -0.4 is 5.32 Å². The summed E-state index contributed by atoms with van der Waals surface area (Å²) in [5.41, 5.74) is 2.16. The first-order chi connectivity index (χ1) is 9.72. The maximum atomic E-state index is 13.3. The van der Waals surface area contributed by atoms with Crippen molar-refractivity contribution in [2.75, 3.05) is 6.54 Å². The van der Waals surface area contributed by atoms with Crippen LogP contribution in [-0.4, -0.2) is 16.3 Å². The zero-order chi connectivity index (χ0) is 14.4. The molecule has 1 atom stereocenters. The largest absolute Gasteiger partial charge is 0.310 e. The van der Waals surface area contributed by atoms with E-state index in [1.165, 1.54) is 6.07 Å². The van der Waals surface area contributed by atoms with Crippen LogP contribution in [0.3, 0.4) is 0 Å². The van der Waals surface area contributed by atoms with E-state index in [-0.39, 0.29) is 11.9 Å². The lowest BCUT2D eigenvalue weighted by Gasteiger charge is -2.17. The molecule has 0 amide bonds. The van der Waals surface area contributed by atoms with E-state index in [0.29, 0.717) is 0 Å². The van der Waals surface area contributed by atoms with Crippen LogP contribution >= 0.6 is 0 Å². The van der Waals surface area contributed by atoms with E-state index in [1.54, 1.807) is 12.1 Å². The van der Waals surface area contributed by atoms with Gasteiger partial charge in [-0.2, -0.15) is 5.10 Å². The average Bonchev–Trinajstić information content (AvgIpc) is 2.92. The van der Waals surface area contributed by atoms with Gasteiger partial charge in [-0.1, -0.05) is 19.1 Å². The van der Waals surface area contributed by atoms with Gasteiger partial charge in [0.05, 0.1) is 6.20 Å². The number of benzene rings is 1. The van der Waals surface area contributed by atoms with Crippen molar-refractivity contribution in [3.05, 3.63) is 53.6 Å². The molecule has 0 fully saturated rings. The molecule has 0 spiro atoms. The number of rotatable bonds is 7. The van der Waals surface area contributed by atoms with Crippen molar-refractivity contribution in [2.45, 2.75) is 39.3 Å². The normalized spacial score (nSPS) is 12.6. The number of hydrogen-bond donors (Lipinski definition) is 1.